The van der Waals surface area contributed by atoms with Gasteiger partial charge in [-0.25, -0.2) is 4.57 Å². The predicted molar refractivity (Wildman–Crippen MR) is 318 cm³/mol. The van der Waals surface area contributed by atoms with E-state index in [-0.39, 0.29) is 19.1 Å². The number of nitrogens with zero attached hydrogens (tertiary/aromatic N) is 1. The van der Waals surface area contributed by atoms with E-state index in [0.717, 1.165) is 89.9 Å². The first-order valence-electron chi connectivity index (χ1n) is 30.1. The van der Waals surface area contributed by atoms with Crippen LogP contribution in [-0.4, -0.2) is 73.4 Å². The van der Waals surface area contributed by atoms with Crippen LogP contribution in [0.3, 0.4) is 0 Å². The average molecular weight is 1040 g/mol. The topological polar surface area (TPSA) is 105 Å². The average Bonchev–Trinajstić information content (AvgIpc) is 3.35. The Morgan fingerprint density at radius 3 is 1.21 bits per heavy atom. The summed E-state index contributed by atoms with van der Waals surface area (Å²) in [5.74, 6) is -0.148. The van der Waals surface area contributed by atoms with Gasteiger partial charge in [0, 0.05) is 6.42 Å². The van der Waals surface area contributed by atoms with E-state index in [4.69, 9.17) is 9.05 Å². The molecular formula is C64H116N2O6P+. The fourth-order valence-electron chi connectivity index (χ4n) is 8.42. The molecule has 0 spiro atoms. The Balaban J connectivity index is 3.90. The van der Waals surface area contributed by atoms with Gasteiger partial charge in [0.15, 0.2) is 0 Å². The molecule has 1 amide bonds. The van der Waals surface area contributed by atoms with E-state index < -0.39 is 20.0 Å². The molecule has 0 aliphatic carbocycles. The number of aliphatic hydroxyl groups excluding tert-OH is 1. The first kappa shape index (κ1) is 70.4. The summed E-state index contributed by atoms with van der Waals surface area (Å²) in [5.41, 5.74) is 0. The molecule has 0 aromatic heterocycles. The van der Waals surface area contributed by atoms with Crippen LogP contribution in [0, 0.1) is 0 Å². The van der Waals surface area contributed by atoms with E-state index in [1.807, 2.05) is 21.1 Å². The maximum absolute atomic E-state index is 13.0. The molecule has 0 saturated carbocycles. The van der Waals surface area contributed by atoms with Crippen LogP contribution in [0.2, 0.25) is 0 Å². The lowest BCUT2D eigenvalue weighted by atomic mass is 10.0. The number of rotatable bonds is 54. The SMILES string of the molecule is CC/C=C\C/C=C\C/C=C\C/C=C\C/C=C\C/C=C\C/C=C\C/C=C\CCCCCCCCCCCCCCCCCCC(=O)NC(COP(=O)(O)OCC[N+](C)(C)C)C(O)CCCCCCCCCCCC. The van der Waals surface area contributed by atoms with E-state index in [2.05, 4.69) is 116 Å². The van der Waals surface area contributed by atoms with Crippen LogP contribution in [0.4, 0.5) is 0 Å². The van der Waals surface area contributed by atoms with Crippen LogP contribution >= 0.6 is 7.82 Å². The molecule has 3 atom stereocenters. The number of nitrogens with one attached hydrogen (secondary N) is 1. The molecule has 0 saturated heterocycles. The van der Waals surface area contributed by atoms with E-state index >= 15 is 0 Å². The van der Waals surface area contributed by atoms with Crippen molar-refractivity contribution in [1.29, 1.82) is 0 Å². The molecule has 0 fully saturated rings. The van der Waals surface area contributed by atoms with Crippen LogP contribution in [0.15, 0.2) is 97.2 Å². The maximum Gasteiger partial charge on any atom is 0.472 e. The Morgan fingerprint density at radius 2 is 0.822 bits per heavy atom. The molecule has 9 heteroatoms. The zero-order valence-electron chi connectivity index (χ0n) is 48.1. The summed E-state index contributed by atoms with van der Waals surface area (Å²) >= 11 is 0. The van der Waals surface area contributed by atoms with Crippen LogP contribution in [0.5, 0.6) is 0 Å². The summed E-state index contributed by atoms with van der Waals surface area (Å²) in [6.07, 6.45) is 77.8. The molecule has 0 rings (SSSR count). The van der Waals surface area contributed by atoms with Crippen molar-refractivity contribution in [3.8, 4) is 0 Å². The number of carbonyl (C=O) groups is 1. The van der Waals surface area contributed by atoms with Gasteiger partial charge in [-0.2, -0.15) is 0 Å². The van der Waals surface area contributed by atoms with Crippen molar-refractivity contribution in [3.05, 3.63) is 97.2 Å². The lowest BCUT2D eigenvalue weighted by Gasteiger charge is -2.26. The Hall–Kier alpha value is -2.58. The van der Waals surface area contributed by atoms with Crippen molar-refractivity contribution in [2.24, 2.45) is 0 Å². The monoisotopic (exact) mass is 1040 g/mol. The Labute approximate surface area is 451 Å². The zero-order valence-corrected chi connectivity index (χ0v) is 49.0. The Morgan fingerprint density at radius 1 is 0.479 bits per heavy atom. The summed E-state index contributed by atoms with van der Waals surface area (Å²) in [5, 5.41) is 14.0. The molecule has 0 aliphatic heterocycles. The second-order valence-corrected chi connectivity index (χ2v) is 22.8. The highest BCUT2D eigenvalue weighted by molar-refractivity contribution is 7.47. The van der Waals surface area contributed by atoms with Crippen molar-refractivity contribution in [2.45, 2.75) is 264 Å². The largest absolute Gasteiger partial charge is 0.472 e. The second kappa shape index (κ2) is 54.2. The fourth-order valence-corrected chi connectivity index (χ4v) is 9.15. The normalized spacial score (nSPS) is 14.6. The number of quaternary nitrogens is 1. The number of phosphoric ester groups is 1. The van der Waals surface area contributed by atoms with Crippen molar-refractivity contribution >= 4 is 13.7 Å². The molecule has 0 aromatic rings. The van der Waals surface area contributed by atoms with E-state index in [1.54, 1.807) is 0 Å². The van der Waals surface area contributed by atoms with Gasteiger partial charge in [-0.3, -0.25) is 13.8 Å². The summed E-state index contributed by atoms with van der Waals surface area (Å²) in [7, 11) is 1.61. The van der Waals surface area contributed by atoms with Crippen LogP contribution < -0.4 is 5.32 Å². The van der Waals surface area contributed by atoms with Gasteiger partial charge >= 0.3 is 7.82 Å². The van der Waals surface area contributed by atoms with Gasteiger partial charge in [0.2, 0.25) is 5.91 Å². The highest BCUT2D eigenvalue weighted by atomic mass is 31.2. The van der Waals surface area contributed by atoms with Crippen LogP contribution in [0.1, 0.15) is 251 Å². The van der Waals surface area contributed by atoms with Gasteiger partial charge in [-0.15, -0.1) is 0 Å². The molecule has 422 valence electrons. The number of unbranched alkanes of at least 4 members (excludes halogenated alkanes) is 25. The summed E-state index contributed by atoms with van der Waals surface area (Å²) in [6.45, 7) is 4.76. The quantitative estimate of drug-likeness (QED) is 0.0243. The minimum Gasteiger partial charge on any atom is -0.391 e. The highest BCUT2D eigenvalue weighted by Crippen LogP contribution is 2.43. The van der Waals surface area contributed by atoms with E-state index in [1.165, 1.54) is 135 Å². The van der Waals surface area contributed by atoms with Gasteiger partial charge in [0.05, 0.1) is 39.9 Å². The minimum atomic E-state index is -4.32. The molecule has 3 N–H and O–H groups in total. The number of amides is 1. The standard InChI is InChI=1S/C64H115N2O6P/c1-6-8-10-12-14-16-18-19-20-21-22-23-24-25-26-27-28-29-30-31-32-33-34-35-36-37-38-39-40-41-42-43-44-45-46-47-48-50-52-54-56-58-64(68)65-62(61-72-73(69,70)71-60-59-66(3,4)5)63(67)57-55-53-51-49-17-15-13-11-9-7-2/h8,10,14,16,19-20,22-23,25-26,28-29,31-32,34-35,62-63,67H,6-7,9,11-13,15,17-18,21,24,27,30,33,36-61H2,1-5H3,(H-,65,68,69,70)/p+1/b10-8-,16-14-,20-19-,23-22-,26-25-,29-28-,32-31-,35-34-. The maximum atomic E-state index is 13.0. The third-order valence-electron chi connectivity index (χ3n) is 13.1. The first-order valence-corrected chi connectivity index (χ1v) is 31.6. The van der Waals surface area contributed by atoms with Crippen molar-refractivity contribution in [1.82, 2.24) is 5.32 Å². The number of allylic oxidation sites excluding steroid dienone is 16. The number of hydrogen-bond acceptors (Lipinski definition) is 5. The van der Waals surface area contributed by atoms with Crippen molar-refractivity contribution in [2.75, 3.05) is 40.9 Å². The highest BCUT2D eigenvalue weighted by Gasteiger charge is 2.28. The van der Waals surface area contributed by atoms with Crippen molar-refractivity contribution in [3.63, 3.8) is 0 Å². The number of phosphoric acid groups is 1. The van der Waals surface area contributed by atoms with Gasteiger partial charge in [-0.1, -0.05) is 265 Å². The van der Waals surface area contributed by atoms with Crippen molar-refractivity contribution < 1.29 is 32.9 Å². The van der Waals surface area contributed by atoms with Gasteiger partial charge in [0.25, 0.3) is 0 Å². The summed E-state index contributed by atoms with van der Waals surface area (Å²) in [6, 6.07) is -0.762. The van der Waals surface area contributed by atoms with Crippen LogP contribution in [0.25, 0.3) is 0 Å². The smallest absolute Gasteiger partial charge is 0.391 e. The molecule has 0 bridgehead atoms. The first-order chi connectivity index (χ1) is 35.5. The van der Waals surface area contributed by atoms with E-state index in [9.17, 15) is 19.4 Å². The molecule has 3 unspecified atom stereocenters. The number of carbonyl (C=O) groups excluding carboxylic acids is 1. The Bertz CT molecular complexity index is 1510. The van der Waals surface area contributed by atoms with Gasteiger partial charge in [-0.05, 0) is 77.0 Å². The Kier molecular flexibility index (Phi) is 52.3. The van der Waals surface area contributed by atoms with Gasteiger partial charge < -0.3 is 19.8 Å². The summed E-state index contributed by atoms with van der Waals surface area (Å²) < 4.78 is 23.7. The molecule has 73 heavy (non-hydrogen) atoms. The fraction of sp³-hybridized carbons (Fsp3) is 0.734. The molecule has 0 radical (unpaired) electrons. The number of hydrogen-bond donors (Lipinski definition) is 3. The molecule has 0 heterocycles. The molecule has 0 aliphatic rings. The van der Waals surface area contributed by atoms with E-state index in [0.29, 0.717) is 23.9 Å². The van der Waals surface area contributed by atoms with Crippen LogP contribution in [-0.2, 0) is 18.4 Å². The second-order valence-electron chi connectivity index (χ2n) is 21.3. The number of likely N-dealkylation sites (N-methyl/N-ethyl adjacent to an activating group) is 1. The van der Waals surface area contributed by atoms with Gasteiger partial charge in [0.1, 0.15) is 13.2 Å². The molecular weight excluding hydrogens is 924 g/mol. The zero-order chi connectivity index (χ0) is 53.5. The molecule has 8 nitrogen and oxygen atoms in total. The summed E-state index contributed by atoms with van der Waals surface area (Å²) in [4.78, 5) is 23.2. The minimum absolute atomic E-state index is 0.0725. The third-order valence-corrected chi connectivity index (χ3v) is 14.1. The molecule has 0 aromatic carbocycles. The third kappa shape index (κ3) is 57.0. The lowest BCUT2D eigenvalue weighted by molar-refractivity contribution is -0.870. The lowest BCUT2D eigenvalue weighted by Crippen LogP contribution is -2.46. The predicted octanol–water partition coefficient (Wildman–Crippen LogP) is 18.6. The number of aliphatic hydroxyl groups is 1.